The van der Waals surface area contributed by atoms with Crippen LogP contribution in [0, 0.1) is 15.9 Å². The van der Waals surface area contributed by atoms with Gasteiger partial charge in [-0.05, 0) is 23.8 Å². The molecule has 98 valence electrons. The Morgan fingerprint density at radius 1 is 1.26 bits per heavy atom. The van der Waals surface area contributed by atoms with E-state index >= 15 is 0 Å². The SMILES string of the molecule is O=[N+]([O-])c1cccc(CNc2ccc(Br)cc2F)c1. The highest BCUT2D eigenvalue weighted by Gasteiger charge is 2.06. The summed E-state index contributed by atoms with van der Waals surface area (Å²) in [5.41, 5.74) is 1.10. The van der Waals surface area contributed by atoms with Crippen molar-refractivity contribution in [1.29, 1.82) is 0 Å². The summed E-state index contributed by atoms with van der Waals surface area (Å²) in [6.07, 6.45) is 0. The smallest absolute Gasteiger partial charge is 0.269 e. The normalized spacial score (nSPS) is 10.2. The Bertz CT molecular complexity index is 619. The van der Waals surface area contributed by atoms with Crippen molar-refractivity contribution in [3.8, 4) is 0 Å². The minimum absolute atomic E-state index is 0.0237. The van der Waals surface area contributed by atoms with Crippen LogP contribution >= 0.6 is 15.9 Å². The van der Waals surface area contributed by atoms with Crippen LogP contribution in [-0.2, 0) is 6.54 Å². The molecule has 2 aromatic rings. The molecule has 0 amide bonds. The van der Waals surface area contributed by atoms with Gasteiger partial charge in [-0.15, -0.1) is 0 Å². The third kappa shape index (κ3) is 3.51. The molecule has 1 N–H and O–H groups in total. The predicted molar refractivity (Wildman–Crippen MR) is 74.5 cm³/mol. The van der Waals surface area contributed by atoms with Gasteiger partial charge in [0, 0.05) is 23.2 Å². The molecule has 0 aliphatic carbocycles. The van der Waals surface area contributed by atoms with Crippen LogP contribution < -0.4 is 5.32 Å². The Balaban J connectivity index is 2.10. The van der Waals surface area contributed by atoms with Crippen LogP contribution in [0.15, 0.2) is 46.9 Å². The van der Waals surface area contributed by atoms with Crippen molar-refractivity contribution >= 4 is 27.3 Å². The molecule has 2 rings (SSSR count). The number of halogens is 2. The van der Waals surface area contributed by atoms with E-state index < -0.39 is 4.92 Å². The third-order valence-corrected chi connectivity index (χ3v) is 3.03. The average Bonchev–Trinajstić information content (AvgIpc) is 2.38. The van der Waals surface area contributed by atoms with Gasteiger partial charge in [0.25, 0.3) is 5.69 Å². The van der Waals surface area contributed by atoms with Gasteiger partial charge in [0.2, 0.25) is 0 Å². The number of nitro groups is 1. The first-order chi connectivity index (χ1) is 9.06. The molecule has 2 aromatic carbocycles. The quantitative estimate of drug-likeness (QED) is 0.680. The van der Waals surface area contributed by atoms with E-state index in [2.05, 4.69) is 21.2 Å². The highest BCUT2D eigenvalue weighted by atomic mass is 79.9. The van der Waals surface area contributed by atoms with Crippen LogP contribution in [0.5, 0.6) is 0 Å². The number of benzene rings is 2. The molecule has 0 bridgehead atoms. The molecule has 0 aliphatic rings. The summed E-state index contributed by atoms with van der Waals surface area (Å²) in [6.45, 7) is 0.320. The van der Waals surface area contributed by atoms with Crippen molar-refractivity contribution in [2.24, 2.45) is 0 Å². The molecule has 6 heteroatoms. The van der Waals surface area contributed by atoms with Gasteiger partial charge in [-0.3, -0.25) is 10.1 Å². The maximum atomic E-state index is 13.6. The van der Waals surface area contributed by atoms with Gasteiger partial charge in [-0.2, -0.15) is 0 Å². The molecule has 0 fully saturated rings. The monoisotopic (exact) mass is 324 g/mol. The van der Waals surface area contributed by atoms with Crippen LogP contribution in [-0.4, -0.2) is 4.92 Å². The standard InChI is InChI=1S/C13H10BrFN2O2/c14-10-4-5-13(12(15)7-10)16-8-9-2-1-3-11(6-9)17(18)19/h1-7,16H,8H2. The highest BCUT2D eigenvalue weighted by Crippen LogP contribution is 2.20. The third-order valence-electron chi connectivity index (χ3n) is 2.54. The Labute approximate surface area is 117 Å². The lowest BCUT2D eigenvalue weighted by Gasteiger charge is -2.07. The number of anilines is 1. The number of nitrogens with zero attached hydrogens (tertiary/aromatic N) is 1. The van der Waals surface area contributed by atoms with Gasteiger partial charge in [-0.1, -0.05) is 28.1 Å². The van der Waals surface area contributed by atoms with Crippen LogP contribution in [0.1, 0.15) is 5.56 Å². The van der Waals surface area contributed by atoms with Crippen molar-refractivity contribution < 1.29 is 9.31 Å². The molecular weight excluding hydrogens is 315 g/mol. The van der Waals surface area contributed by atoms with Crippen LogP contribution in [0.25, 0.3) is 0 Å². The van der Waals surface area contributed by atoms with E-state index in [1.165, 1.54) is 18.2 Å². The van der Waals surface area contributed by atoms with Gasteiger partial charge in [0.05, 0.1) is 10.6 Å². The second-order valence-electron chi connectivity index (χ2n) is 3.90. The topological polar surface area (TPSA) is 55.2 Å². The first-order valence-corrected chi connectivity index (χ1v) is 6.28. The molecule has 0 spiro atoms. The van der Waals surface area contributed by atoms with E-state index in [9.17, 15) is 14.5 Å². The summed E-state index contributed by atoms with van der Waals surface area (Å²) in [5, 5.41) is 13.5. The van der Waals surface area contributed by atoms with Crippen molar-refractivity contribution in [2.75, 3.05) is 5.32 Å². The molecule has 0 unspecified atom stereocenters. The number of hydrogen-bond acceptors (Lipinski definition) is 3. The van der Waals surface area contributed by atoms with Gasteiger partial charge >= 0.3 is 0 Å². The Morgan fingerprint density at radius 3 is 2.74 bits per heavy atom. The summed E-state index contributed by atoms with van der Waals surface area (Å²) in [7, 11) is 0. The Kier molecular flexibility index (Phi) is 4.11. The van der Waals surface area contributed by atoms with E-state index in [0.717, 1.165) is 5.56 Å². The molecule has 0 atom stereocenters. The molecule has 0 heterocycles. The minimum Gasteiger partial charge on any atom is -0.379 e. The van der Waals surface area contributed by atoms with Crippen molar-refractivity contribution in [2.45, 2.75) is 6.54 Å². The molecule has 0 radical (unpaired) electrons. The van der Waals surface area contributed by atoms with E-state index in [0.29, 0.717) is 16.7 Å². The van der Waals surface area contributed by atoms with Crippen molar-refractivity contribution in [3.63, 3.8) is 0 Å². The number of nitro benzene ring substituents is 1. The molecule has 0 aromatic heterocycles. The van der Waals surface area contributed by atoms with Crippen molar-refractivity contribution in [3.05, 3.63) is 68.4 Å². The van der Waals surface area contributed by atoms with Gasteiger partial charge in [0.1, 0.15) is 5.82 Å². The summed E-state index contributed by atoms with van der Waals surface area (Å²) in [6, 6.07) is 10.9. The maximum Gasteiger partial charge on any atom is 0.269 e. The lowest BCUT2D eigenvalue weighted by molar-refractivity contribution is -0.384. The zero-order valence-electron chi connectivity index (χ0n) is 9.77. The number of non-ortho nitro benzene ring substituents is 1. The first-order valence-electron chi connectivity index (χ1n) is 5.48. The zero-order chi connectivity index (χ0) is 13.8. The number of nitrogens with one attached hydrogen (secondary N) is 1. The fourth-order valence-corrected chi connectivity index (χ4v) is 1.94. The summed E-state index contributed by atoms with van der Waals surface area (Å²) >= 11 is 3.18. The van der Waals surface area contributed by atoms with Gasteiger partial charge in [-0.25, -0.2) is 4.39 Å². The average molecular weight is 325 g/mol. The minimum atomic E-state index is -0.455. The van der Waals surface area contributed by atoms with Gasteiger partial charge in [0.15, 0.2) is 0 Å². The number of rotatable bonds is 4. The first kappa shape index (κ1) is 13.5. The predicted octanol–water partition coefficient (Wildman–Crippen LogP) is 4.11. The fraction of sp³-hybridized carbons (Fsp3) is 0.0769. The van der Waals surface area contributed by atoms with E-state index in [-0.39, 0.29) is 11.5 Å². The molecular formula is C13H10BrFN2O2. The second-order valence-corrected chi connectivity index (χ2v) is 4.82. The summed E-state index contributed by atoms with van der Waals surface area (Å²) in [5.74, 6) is -0.375. The molecule has 19 heavy (non-hydrogen) atoms. The molecule has 4 nitrogen and oxygen atoms in total. The largest absolute Gasteiger partial charge is 0.379 e. The summed E-state index contributed by atoms with van der Waals surface area (Å²) in [4.78, 5) is 10.2. The maximum absolute atomic E-state index is 13.6. The number of hydrogen-bond donors (Lipinski definition) is 1. The highest BCUT2D eigenvalue weighted by molar-refractivity contribution is 9.10. The molecule has 0 saturated heterocycles. The van der Waals surface area contributed by atoms with Crippen LogP contribution in [0.3, 0.4) is 0 Å². The van der Waals surface area contributed by atoms with Crippen molar-refractivity contribution in [1.82, 2.24) is 0 Å². The molecule has 0 saturated carbocycles. The fourth-order valence-electron chi connectivity index (χ4n) is 1.61. The van der Waals surface area contributed by atoms with E-state index in [1.807, 2.05) is 0 Å². The van der Waals surface area contributed by atoms with Crippen LogP contribution in [0.4, 0.5) is 15.8 Å². The molecule has 0 aliphatic heterocycles. The van der Waals surface area contributed by atoms with E-state index in [1.54, 1.807) is 24.3 Å². The van der Waals surface area contributed by atoms with Crippen LogP contribution in [0.2, 0.25) is 0 Å². The Morgan fingerprint density at radius 2 is 2.05 bits per heavy atom. The zero-order valence-corrected chi connectivity index (χ0v) is 11.4. The lowest BCUT2D eigenvalue weighted by Crippen LogP contribution is -2.02. The summed E-state index contributed by atoms with van der Waals surface area (Å²) < 4.78 is 14.2. The second kappa shape index (κ2) is 5.79. The Hall–Kier alpha value is -1.95. The van der Waals surface area contributed by atoms with Gasteiger partial charge < -0.3 is 5.32 Å². The lowest BCUT2D eigenvalue weighted by atomic mass is 10.2. The van der Waals surface area contributed by atoms with E-state index in [4.69, 9.17) is 0 Å².